The van der Waals surface area contributed by atoms with Gasteiger partial charge in [-0.15, -0.1) is 0 Å². The second kappa shape index (κ2) is 6.25. The van der Waals surface area contributed by atoms with Gasteiger partial charge >= 0.3 is 0 Å². The lowest BCUT2D eigenvalue weighted by molar-refractivity contribution is 0.422. The summed E-state index contributed by atoms with van der Waals surface area (Å²) in [5.74, 6) is 2.68. The van der Waals surface area contributed by atoms with Crippen molar-refractivity contribution in [1.82, 2.24) is 20.1 Å². The number of fused-ring (bicyclic) bond motifs is 3. The van der Waals surface area contributed by atoms with Gasteiger partial charge in [-0.2, -0.15) is 4.98 Å². The molecule has 0 fully saturated rings. The third kappa shape index (κ3) is 2.81. The largest absolute Gasteiger partial charge is 0.457 e. The fourth-order valence-corrected chi connectivity index (χ4v) is 3.08. The van der Waals surface area contributed by atoms with E-state index < -0.39 is 0 Å². The maximum Gasteiger partial charge on any atom is 0.276 e. The molecule has 0 spiro atoms. The molecule has 5 rings (SSSR count). The van der Waals surface area contributed by atoms with Crippen molar-refractivity contribution in [3.8, 4) is 23.1 Å². The summed E-state index contributed by atoms with van der Waals surface area (Å²) in [5.41, 5.74) is 2.62. The summed E-state index contributed by atoms with van der Waals surface area (Å²) in [4.78, 5) is 12.2. The van der Waals surface area contributed by atoms with Crippen molar-refractivity contribution in [1.29, 1.82) is 0 Å². The Labute approximate surface area is 154 Å². The van der Waals surface area contributed by atoms with E-state index in [1.165, 1.54) is 0 Å². The average molecular weight is 356 g/mol. The highest BCUT2D eigenvalue weighted by molar-refractivity contribution is 6.08. The Kier molecular flexibility index (Phi) is 3.60. The van der Waals surface area contributed by atoms with Gasteiger partial charge in [-0.1, -0.05) is 30.3 Å². The minimum absolute atomic E-state index is 0.430. The van der Waals surface area contributed by atoms with Gasteiger partial charge in [0.2, 0.25) is 0 Å². The Hall–Kier alpha value is -3.67. The number of aryl methyl sites for hydroxylation is 1. The number of hydrogen-bond acceptors (Lipinski definition) is 5. The molecule has 6 heteroatoms. The van der Waals surface area contributed by atoms with E-state index in [0.717, 1.165) is 39.7 Å². The normalized spacial score (nSPS) is 11.3. The van der Waals surface area contributed by atoms with Gasteiger partial charge in [0.25, 0.3) is 5.89 Å². The molecule has 0 aliphatic carbocycles. The second-order valence-electron chi connectivity index (χ2n) is 6.23. The zero-order valence-corrected chi connectivity index (χ0v) is 14.6. The lowest BCUT2D eigenvalue weighted by atomic mass is 10.1. The highest BCUT2D eigenvalue weighted by Crippen LogP contribution is 2.32. The van der Waals surface area contributed by atoms with E-state index in [2.05, 4.69) is 20.1 Å². The van der Waals surface area contributed by atoms with Crippen LogP contribution >= 0.6 is 0 Å². The third-order valence-corrected chi connectivity index (χ3v) is 4.44. The first-order chi connectivity index (χ1) is 13.3. The van der Waals surface area contributed by atoms with Gasteiger partial charge in [-0.3, -0.25) is 0 Å². The Bertz CT molecular complexity index is 1240. The van der Waals surface area contributed by atoms with Crippen LogP contribution in [-0.2, 0) is 6.42 Å². The number of para-hydroxylation sites is 1. The second-order valence-corrected chi connectivity index (χ2v) is 6.23. The molecule has 0 atom stereocenters. The van der Waals surface area contributed by atoms with Crippen molar-refractivity contribution >= 4 is 21.8 Å². The molecule has 3 aromatic heterocycles. The van der Waals surface area contributed by atoms with Gasteiger partial charge in [-0.25, -0.2) is 4.98 Å². The Balaban J connectivity index is 1.60. The van der Waals surface area contributed by atoms with Crippen LogP contribution < -0.4 is 4.74 Å². The highest BCUT2D eigenvalue weighted by atomic mass is 16.5. The van der Waals surface area contributed by atoms with Crippen LogP contribution in [0.5, 0.6) is 11.5 Å². The van der Waals surface area contributed by atoms with Gasteiger partial charge in [-0.05, 0) is 36.4 Å². The standard InChI is InChI=1S/C21H16N4O2/c1-2-20-24-21(27-25-20)18-11-16-15-10-14(26-13-6-4-3-5-7-13)8-9-17(15)23-19(16)12-22-18/h3-12,23H,2H2,1H3. The summed E-state index contributed by atoms with van der Waals surface area (Å²) in [6.45, 7) is 1.99. The lowest BCUT2D eigenvalue weighted by Gasteiger charge is -2.05. The zero-order chi connectivity index (χ0) is 18.2. The van der Waals surface area contributed by atoms with E-state index in [-0.39, 0.29) is 0 Å². The summed E-state index contributed by atoms with van der Waals surface area (Å²) >= 11 is 0. The van der Waals surface area contributed by atoms with Crippen LogP contribution in [0.3, 0.4) is 0 Å². The zero-order valence-electron chi connectivity index (χ0n) is 14.6. The molecule has 0 aliphatic heterocycles. The fourth-order valence-electron chi connectivity index (χ4n) is 3.08. The van der Waals surface area contributed by atoms with Crippen LogP contribution in [-0.4, -0.2) is 20.1 Å². The average Bonchev–Trinajstić information content (AvgIpc) is 3.33. The summed E-state index contributed by atoms with van der Waals surface area (Å²) in [6.07, 6.45) is 2.51. The van der Waals surface area contributed by atoms with Gasteiger partial charge in [0.1, 0.15) is 17.2 Å². The summed E-state index contributed by atoms with van der Waals surface area (Å²) in [5, 5.41) is 6.03. The molecule has 0 aliphatic rings. The molecule has 5 aromatic rings. The van der Waals surface area contributed by atoms with Crippen molar-refractivity contribution in [2.75, 3.05) is 0 Å². The number of aromatic amines is 1. The van der Waals surface area contributed by atoms with Crippen LogP contribution in [0.4, 0.5) is 0 Å². The van der Waals surface area contributed by atoms with Gasteiger partial charge in [0.05, 0.1) is 11.7 Å². The number of ether oxygens (including phenoxy) is 1. The molecule has 2 aromatic carbocycles. The lowest BCUT2D eigenvalue weighted by Crippen LogP contribution is -1.85. The molecule has 132 valence electrons. The number of nitrogens with zero attached hydrogens (tertiary/aromatic N) is 3. The van der Waals surface area contributed by atoms with Gasteiger partial charge in [0, 0.05) is 22.7 Å². The molecule has 0 amide bonds. The number of pyridine rings is 1. The van der Waals surface area contributed by atoms with Gasteiger partial charge < -0.3 is 14.2 Å². The first-order valence-electron chi connectivity index (χ1n) is 8.77. The topological polar surface area (TPSA) is 76.8 Å². The number of aromatic nitrogens is 4. The quantitative estimate of drug-likeness (QED) is 0.483. The molecule has 27 heavy (non-hydrogen) atoms. The molecule has 1 N–H and O–H groups in total. The number of nitrogens with one attached hydrogen (secondary N) is 1. The van der Waals surface area contributed by atoms with Crippen molar-refractivity contribution < 1.29 is 9.26 Å². The Morgan fingerprint density at radius 1 is 0.963 bits per heavy atom. The number of H-pyrrole nitrogens is 1. The molecular formula is C21H16N4O2. The molecule has 0 saturated carbocycles. The predicted molar refractivity (Wildman–Crippen MR) is 103 cm³/mol. The SMILES string of the molecule is CCc1noc(-c2cc3c(cn2)[nH]c2ccc(Oc4ccccc4)cc23)n1. The van der Waals surface area contributed by atoms with Crippen LogP contribution in [0.1, 0.15) is 12.7 Å². The van der Waals surface area contributed by atoms with Crippen LogP contribution in [0, 0.1) is 0 Å². The van der Waals surface area contributed by atoms with Crippen molar-refractivity contribution in [3.05, 3.63) is 66.6 Å². The van der Waals surface area contributed by atoms with E-state index in [4.69, 9.17) is 9.26 Å². The maximum absolute atomic E-state index is 5.97. The molecule has 0 radical (unpaired) electrons. The monoisotopic (exact) mass is 356 g/mol. The Morgan fingerprint density at radius 3 is 2.63 bits per heavy atom. The first kappa shape index (κ1) is 15.6. The predicted octanol–water partition coefficient (Wildman–Crippen LogP) is 5.12. The number of benzene rings is 2. The smallest absolute Gasteiger partial charge is 0.276 e. The van der Waals surface area contributed by atoms with E-state index in [0.29, 0.717) is 17.4 Å². The molecule has 0 bridgehead atoms. The molecular weight excluding hydrogens is 340 g/mol. The van der Waals surface area contributed by atoms with E-state index in [1.807, 2.05) is 61.5 Å². The van der Waals surface area contributed by atoms with Crippen molar-refractivity contribution in [2.24, 2.45) is 0 Å². The number of hydrogen-bond donors (Lipinski definition) is 1. The first-order valence-corrected chi connectivity index (χ1v) is 8.77. The van der Waals surface area contributed by atoms with E-state index in [9.17, 15) is 0 Å². The Morgan fingerprint density at radius 2 is 1.81 bits per heavy atom. The highest BCUT2D eigenvalue weighted by Gasteiger charge is 2.13. The minimum atomic E-state index is 0.430. The van der Waals surface area contributed by atoms with Crippen molar-refractivity contribution in [3.63, 3.8) is 0 Å². The molecule has 3 heterocycles. The molecule has 6 nitrogen and oxygen atoms in total. The van der Waals surface area contributed by atoms with Crippen LogP contribution in [0.25, 0.3) is 33.4 Å². The number of rotatable bonds is 4. The third-order valence-electron chi connectivity index (χ3n) is 4.44. The van der Waals surface area contributed by atoms with Crippen molar-refractivity contribution in [2.45, 2.75) is 13.3 Å². The van der Waals surface area contributed by atoms with Crippen LogP contribution in [0.15, 0.2) is 65.3 Å². The summed E-state index contributed by atoms with van der Waals surface area (Å²) < 4.78 is 11.3. The summed E-state index contributed by atoms with van der Waals surface area (Å²) in [6, 6.07) is 17.7. The fraction of sp³-hybridized carbons (Fsp3) is 0.0952. The summed E-state index contributed by atoms with van der Waals surface area (Å²) in [7, 11) is 0. The molecule has 0 unspecified atom stereocenters. The van der Waals surface area contributed by atoms with E-state index >= 15 is 0 Å². The minimum Gasteiger partial charge on any atom is -0.457 e. The van der Waals surface area contributed by atoms with Gasteiger partial charge in [0.15, 0.2) is 5.82 Å². The molecule has 0 saturated heterocycles. The van der Waals surface area contributed by atoms with Crippen LogP contribution in [0.2, 0.25) is 0 Å². The maximum atomic E-state index is 5.97. The van der Waals surface area contributed by atoms with E-state index in [1.54, 1.807) is 6.20 Å².